The van der Waals surface area contributed by atoms with Crippen molar-refractivity contribution in [2.75, 3.05) is 23.7 Å². The van der Waals surface area contributed by atoms with Gasteiger partial charge in [0.2, 0.25) is 21.8 Å². The van der Waals surface area contributed by atoms with E-state index in [1.54, 1.807) is 24.3 Å². The summed E-state index contributed by atoms with van der Waals surface area (Å²) in [5, 5.41) is 2.97. The molecule has 2 atom stereocenters. The summed E-state index contributed by atoms with van der Waals surface area (Å²) in [4.78, 5) is 28.3. The Kier molecular flexibility index (Phi) is 10.8. The number of benzene rings is 2. The van der Waals surface area contributed by atoms with Gasteiger partial charge in [-0.3, -0.25) is 13.9 Å². The summed E-state index contributed by atoms with van der Waals surface area (Å²) in [7, 11) is -3.78. The fourth-order valence-electron chi connectivity index (χ4n) is 3.86. The van der Waals surface area contributed by atoms with Gasteiger partial charge in [0.1, 0.15) is 18.3 Å². The van der Waals surface area contributed by atoms with Crippen LogP contribution in [0.1, 0.15) is 51.7 Å². The van der Waals surface area contributed by atoms with Crippen LogP contribution in [-0.2, 0) is 26.2 Å². The van der Waals surface area contributed by atoms with E-state index in [0.29, 0.717) is 24.5 Å². The summed E-state index contributed by atoms with van der Waals surface area (Å²) in [6.07, 6.45) is 2.21. The maximum atomic E-state index is 13.7. The van der Waals surface area contributed by atoms with Crippen LogP contribution in [0.4, 0.5) is 5.69 Å². The first-order chi connectivity index (χ1) is 17.0. The Balaban J connectivity index is 2.42. The molecule has 0 aliphatic heterocycles. The molecule has 2 aromatic rings. The van der Waals surface area contributed by atoms with Crippen molar-refractivity contribution in [3.63, 3.8) is 0 Å². The molecule has 8 nitrogen and oxygen atoms in total. The van der Waals surface area contributed by atoms with Crippen LogP contribution >= 0.6 is 0 Å². The number of ether oxygens (including phenoxy) is 1. The second-order valence-electron chi connectivity index (χ2n) is 8.95. The molecule has 1 N–H and O–H groups in total. The van der Waals surface area contributed by atoms with Gasteiger partial charge in [-0.05, 0) is 63.4 Å². The van der Waals surface area contributed by atoms with Crippen molar-refractivity contribution in [2.45, 2.75) is 66.1 Å². The molecule has 2 rings (SSSR count). The molecule has 0 saturated carbocycles. The minimum absolute atomic E-state index is 0.0427. The zero-order valence-electron chi connectivity index (χ0n) is 22.2. The molecule has 36 heavy (non-hydrogen) atoms. The molecular formula is C27H39N3O5S. The van der Waals surface area contributed by atoms with Gasteiger partial charge in [-0.2, -0.15) is 0 Å². The highest BCUT2D eigenvalue weighted by Crippen LogP contribution is 2.23. The average Bonchev–Trinajstić information content (AvgIpc) is 2.82. The smallest absolute Gasteiger partial charge is 0.244 e. The maximum Gasteiger partial charge on any atom is 0.244 e. The third kappa shape index (κ3) is 8.26. The lowest BCUT2D eigenvalue weighted by Gasteiger charge is -2.33. The van der Waals surface area contributed by atoms with Crippen LogP contribution in [-0.4, -0.2) is 56.6 Å². The zero-order chi connectivity index (χ0) is 26.9. The van der Waals surface area contributed by atoms with Crippen molar-refractivity contribution >= 4 is 27.5 Å². The Morgan fingerprint density at radius 1 is 1.03 bits per heavy atom. The predicted molar refractivity (Wildman–Crippen MR) is 144 cm³/mol. The van der Waals surface area contributed by atoms with E-state index in [1.807, 2.05) is 58.9 Å². The summed E-state index contributed by atoms with van der Waals surface area (Å²) in [5.74, 6) is -0.100. The molecule has 0 aliphatic carbocycles. The quantitative estimate of drug-likeness (QED) is 0.435. The molecule has 0 fully saturated rings. The highest BCUT2D eigenvalue weighted by Gasteiger charge is 2.32. The monoisotopic (exact) mass is 517 g/mol. The minimum atomic E-state index is -3.78. The molecule has 0 radical (unpaired) electrons. The number of aryl methyl sites for hydroxylation is 1. The van der Waals surface area contributed by atoms with Crippen LogP contribution in [0.25, 0.3) is 0 Å². The molecule has 9 heteroatoms. The molecule has 0 saturated heterocycles. The summed E-state index contributed by atoms with van der Waals surface area (Å²) >= 11 is 0. The molecule has 0 bridgehead atoms. The molecule has 2 amide bonds. The number of sulfonamides is 1. The lowest BCUT2D eigenvalue weighted by Crippen LogP contribution is -2.53. The van der Waals surface area contributed by atoms with Gasteiger partial charge in [-0.1, -0.05) is 43.7 Å². The first-order valence-corrected chi connectivity index (χ1v) is 14.2. The van der Waals surface area contributed by atoms with Crippen molar-refractivity contribution in [2.24, 2.45) is 0 Å². The largest absolute Gasteiger partial charge is 0.494 e. The number of hydrogen-bond acceptors (Lipinski definition) is 5. The number of anilines is 1. The van der Waals surface area contributed by atoms with Gasteiger partial charge in [0, 0.05) is 12.6 Å². The Labute approximate surface area is 215 Å². The maximum absolute atomic E-state index is 13.7. The minimum Gasteiger partial charge on any atom is -0.494 e. The van der Waals surface area contributed by atoms with Gasteiger partial charge >= 0.3 is 0 Å². The second kappa shape index (κ2) is 13.3. The Morgan fingerprint density at radius 3 is 2.22 bits per heavy atom. The van der Waals surface area contributed by atoms with Crippen LogP contribution in [0.15, 0.2) is 48.5 Å². The fraction of sp³-hybridized carbons (Fsp3) is 0.481. The molecule has 0 aromatic heterocycles. The van der Waals surface area contributed by atoms with Crippen molar-refractivity contribution < 1.29 is 22.7 Å². The topological polar surface area (TPSA) is 96.0 Å². The predicted octanol–water partition coefficient (Wildman–Crippen LogP) is 3.88. The van der Waals surface area contributed by atoms with E-state index in [2.05, 4.69) is 5.32 Å². The lowest BCUT2D eigenvalue weighted by atomic mass is 10.1. The normalized spacial score (nSPS) is 12.9. The summed E-state index contributed by atoms with van der Waals surface area (Å²) < 4.78 is 31.9. The molecule has 198 valence electrons. The number of rotatable bonds is 13. The van der Waals surface area contributed by atoms with E-state index >= 15 is 0 Å². The number of carbonyl (C=O) groups is 2. The number of nitrogens with one attached hydrogen (secondary N) is 1. The van der Waals surface area contributed by atoms with E-state index in [-0.39, 0.29) is 18.5 Å². The fourth-order valence-corrected chi connectivity index (χ4v) is 4.71. The van der Waals surface area contributed by atoms with Crippen molar-refractivity contribution in [3.8, 4) is 5.75 Å². The van der Waals surface area contributed by atoms with Crippen LogP contribution in [0.2, 0.25) is 0 Å². The average molecular weight is 518 g/mol. The highest BCUT2D eigenvalue weighted by molar-refractivity contribution is 7.92. The van der Waals surface area contributed by atoms with Crippen LogP contribution in [0, 0.1) is 6.92 Å². The third-order valence-electron chi connectivity index (χ3n) is 5.94. The SMILES string of the molecule is CCOc1ccc(N(CC(=O)N(Cc2cccc(C)c2)C(CC)C(=O)NC(C)CC)S(C)(=O)=O)cc1. The van der Waals surface area contributed by atoms with Crippen molar-refractivity contribution in [1.29, 1.82) is 0 Å². The molecule has 2 unspecified atom stereocenters. The molecule has 0 spiro atoms. The molecule has 2 aromatic carbocycles. The van der Waals surface area contributed by atoms with Crippen molar-refractivity contribution in [1.82, 2.24) is 10.2 Å². The van der Waals surface area contributed by atoms with E-state index in [9.17, 15) is 18.0 Å². The van der Waals surface area contributed by atoms with Gasteiger partial charge < -0.3 is 15.0 Å². The van der Waals surface area contributed by atoms with Gasteiger partial charge in [0.25, 0.3) is 0 Å². The number of amides is 2. The Bertz CT molecular complexity index is 1120. The standard InChI is InChI=1S/C27H39N3O5S/c1-7-21(5)28-27(32)25(8-2)29(18-22-12-10-11-20(4)17-22)26(31)19-30(36(6,33)34)23-13-15-24(16-14-23)35-9-3/h10-17,21,25H,7-9,18-19H2,1-6H3,(H,28,32). The van der Waals surface area contributed by atoms with Gasteiger partial charge in [0.05, 0.1) is 18.6 Å². The van der Waals surface area contributed by atoms with E-state index in [1.165, 1.54) is 4.90 Å². The van der Waals surface area contributed by atoms with E-state index in [0.717, 1.165) is 28.1 Å². The number of carbonyl (C=O) groups excluding carboxylic acids is 2. The molecule has 0 aliphatic rings. The summed E-state index contributed by atoms with van der Waals surface area (Å²) in [6, 6.07) is 13.5. The van der Waals surface area contributed by atoms with Gasteiger partial charge in [0.15, 0.2) is 0 Å². The number of nitrogens with zero attached hydrogens (tertiary/aromatic N) is 2. The van der Waals surface area contributed by atoms with E-state index in [4.69, 9.17) is 4.74 Å². The third-order valence-corrected chi connectivity index (χ3v) is 7.08. The van der Waals surface area contributed by atoms with Crippen LogP contribution < -0.4 is 14.4 Å². The number of hydrogen-bond donors (Lipinski definition) is 1. The lowest BCUT2D eigenvalue weighted by molar-refractivity contribution is -0.140. The Hall–Kier alpha value is -3.07. The summed E-state index contributed by atoms with van der Waals surface area (Å²) in [5.41, 5.74) is 2.25. The molecule has 0 heterocycles. The van der Waals surface area contributed by atoms with Crippen molar-refractivity contribution in [3.05, 3.63) is 59.7 Å². The zero-order valence-corrected chi connectivity index (χ0v) is 23.0. The second-order valence-corrected chi connectivity index (χ2v) is 10.9. The highest BCUT2D eigenvalue weighted by atomic mass is 32.2. The summed E-state index contributed by atoms with van der Waals surface area (Å²) in [6.45, 7) is 9.80. The van der Waals surface area contributed by atoms with Gasteiger partial charge in [-0.25, -0.2) is 8.42 Å². The molecular weight excluding hydrogens is 478 g/mol. The van der Waals surface area contributed by atoms with E-state index < -0.39 is 28.5 Å². The van der Waals surface area contributed by atoms with Gasteiger partial charge in [-0.15, -0.1) is 0 Å². The van der Waals surface area contributed by atoms with Crippen LogP contribution in [0.5, 0.6) is 5.75 Å². The first-order valence-electron chi connectivity index (χ1n) is 12.4. The Morgan fingerprint density at radius 2 is 1.69 bits per heavy atom. The first kappa shape index (κ1) is 29.2. The van der Waals surface area contributed by atoms with Crippen LogP contribution in [0.3, 0.4) is 0 Å².